The molecule has 3 aromatic rings. The van der Waals surface area contributed by atoms with E-state index in [1.165, 1.54) is 12.1 Å². The number of hydrogen-bond donors (Lipinski definition) is 1. The van der Waals surface area contributed by atoms with Gasteiger partial charge >= 0.3 is 0 Å². The number of benzene rings is 1. The highest BCUT2D eigenvalue weighted by atomic mass is 35.5. The fourth-order valence-electron chi connectivity index (χ4n) is 3.65. The lowest BCUT2D eigenvalue weighted by atomic mass is 10.0. The van der Waals surface area contributed by atoms with E-state index < -0.39 is 27.6 Å². The van der Waals surface area contributed by atoms with E-state index in [0.717, 1.165) is 24.5 Å². The van der Waals surface area contributed by atoms with Crippen molar-refractivity contribution in [3.05, 3.63) is 70.4 Å². The largest absolute Gasteiger partial charge is 0.345 e. The number of amides is 1. The highest BCUT2D eigenvalue weighted by molar-refractivity contribution is 7.93. The van der Waals surface area contributed by atoms with Gasteiger partial charge in [0, 0.05) is 17.7 Å². The fourth-order valence-corrected chi connectivity index (χ4v) is 4.41. The summed E-state index contributed by atoms with van der Waals surface area (Å²) in [5.41, 5.74) is 2.14. The maximum atomic E-state index is 14.1. The molecular formula is C22H22ClFN4O3S. The zero-order chi connectivity index (χ0) is 23.0. The maximum Gasteiger partial charge on any atom is 0.270 e. The van der Waals surface area contributed by atoms with Crippen molar-refractivity contribution >= 4 is 38.4 Å². The van der Waals surface area contributed by atoms with E-state index in [2.05, 4.69) is 15.3 Å². The van der Waals surface area contributed by atoms with Gasteiger partial charge < -0.3 is 9.88 Å². The Morgan fingerprint density at radius 2 is 2.09 bits per heavy atom. The lowest BCUT2D eigenvalue weighted by Crippen LogP contribution is -2.31. The van der Waals surface area contributed by atoms with Gasteiger partial charge in [0.2, 0.25) is 0 Å². The average Bonchev–Trinajstić information content (AvgIpc) is 3.48. The third-order valence-electron chi connectivity index (χ3n) is 5.34. The summed E-state index contributed by atoms with van der Waals surface area (Å²) in [6, 6.07) is 5.70. The molecule has 32 heavy (non-hydrogen) atoms. The molecule has 4 rings (SSSR count). The molecule has 1 amide bonds. The van der Waals surface area contributed by atoms with Crippen LogP contribution in [0, 0.1) is 11.7 Å². The van der Waals surface area contributed by atoms with Gasteiger partial charge in [0.15, 0.2) is 9.84 Å². The molecule has 2 heterocycles. The number of aromatic nitrogens is 3. The summed E-state index contributed by atoms with van der Waals surface area (Å²) >= 11 is 6.28. The van der Waals surface area contributed by atoms with Crippen LogP contribution in [0.3, 0.4) is 0 Å². The van der Waals surface area contributed by atoms with E-state index in [4.69, 9.17) is 11.6 Å². The van der Waals surface area contributed by atoms with Gasteiger partial charge in [-0.25, -0.2) is 22.8 Å². The number of nitrogens with one attached hydrogen (secondary N) is 1. The van der Waals surface area contributed by atoms with Crippen LogP contribution in [-0.4, -0.2) is 41.2 Å². The molecule has 1 aromatic carbocycles. The molecule has 2 atom stereocenters. The van der Waals surface area contributed by atoms with E-state index >= 15 is 0 Å². The Morgan fingerprint density at radius 1 is 1.34 bits per heavy atom. The number of rotatable bonds is 7. The SMILES string of the molecule is C[C@H](/C=C/S(C)(=O)=O)NC(=O)c1cc2ncn([C@@H](c3cccc(F)c3Cl)C3CC3)c2cn1. The molecule has 1 aliphatic carbocycles. The summed E-state index contributed by atoms with van der Waals surface area (Å²) in [6.45, 7) is 1.66. The van der Waals surface area contributed by atoms with Crippen LogP contribution in [-0.2, 0) is 9.84 Å². The van der Waals surface area contributed by atoms with Crippen LogP contribution in [0.5, 0.6) is 0 Å². The van der Waals surface area contributed by atoms with E-state index in [9.17, 15) is 17.6 Å². The number of hydrogen-bond acceptors (Lipinski definition) is 5. The molecule has 7 nitrogen and oxygen atoms in total. The molecule has 0 saturated heterocycles. The van der Waals surface area contributed by atoms with Crippen LogP contribution >= 0.6 is 11.6 Å². The molecule has 1 saturated carbocycles. The first-order chi connectivity index (χ1) is 15.1. The Labute approximate surface area is 190 Å². The number of pyridine rings is 1. The lowest BCUT2D eigenvalue weighted by Gasteiger charge is -2.21. The van der Waals surface area contributed by atoms with Crippen molar-refractivity contribution in [3.63, 3.8) is 0 Å². The minimum absolute atomic E-state index is 0.103. The van der Waals surface area contributed by atoms with E-state index in [1.54, 1.807) is 31.6 Å². The van der Waals surface area contributed by atoms with Crippen LogP contribution in [0.2, 0.25) is 5.02 Å². The van der Waals surface area contributed by atoms with E-state index in [-0.39, 0.29) is 16.8 Å². The molecule has 0 bridgehead atoms. The third-order valence-corrected chi connectivity index (χ3v) is 6.39. The summed E-state index contributed by atoms with van der Waals surface area (Å²) in [7, 11) is -3.28. The van der Waals surface area contributed by atoms with Crippen molar-refractivity contribution in [1.29, 1.82) is 0 Å². The molecule has 1 aliphatic rings. The summed E-state index contributed by atoms with van der Waals surface area (Å²) < 4.78 is 38.5. The zero-order valence-corrected chi connectivity index (χ0v) is 19.1. The van der Waals surface area contributed by atoms with Gasteiger partial charge in [-0.1, -0.05) is 29.8 Å². The smallest absolute Gasteiger partial charge is 0.270 e. The number of nitrogens with zero attached hydrogens (tertiary/aromatic N) is 3. The fraction of sp³-hybridized carbons (Fsp3) is 0.318. The molecule has 1 N–H and O–H groups in total. The van der Waals surface area contributed by atoms with Crippen molar-refractivity contribution < 1.29 is 17.6 Å². The average molecular weight is 477 g/mol. The quantitative estimate of drug-likeness (QED) is 0.558. The lowest BCUT2D eigenvalue weighted by molar-refractivity contribution is 0.0942. The topological polar surface area (TPSA) is 94.0 Å². The second kappa shape index (κ2) is 8.63. The van der Waals surface area contributed by atoms with Gasteiger partial charge in [0.25, 0.3) is 5.91 Å². The monoisotopic (exact) mass is 476 g/mol. The number of fused-ring (bicyclic) bond motifs is 1. The van der Waals surface area contributed by atoms with Gasteiger partial charge in [-0.3, -0.25) is 4.79 Å². The Kier molecular flexibility index (Phi) is 6.05. The summed E-state index contributed by atoms with van der Waals surface area (Å²) in [6.07, 6.45) is 7.71. The summed E-state index contributed by atoms with van der Waals surface area (Å²) in [4.78, 5) is 21.2. The highest BCUT2D eigenvalue weighted by Crippen LogP contribution is 2.46. The Hall–Kier alpha value is -2.78. The van der Waals surface area contributed by atoms with Crippen molar-refractivity contribution in [2.24, 2.45) is 5.92 Å². The Balaban J connectivity index is 1.62. The Morgan fingerprint density at radius 3 is 2.78 bits per heavy atom. The molecule has 10 heteroatoms. The summed E-state index contributed by atoms with van der Waals surface area (Å²) in [5, 5.41) is 3.83. The predicted molar refractivity (Wildman–Crippen MR) is 121 cm³/mol. The minimum Gasteiger partial charge on any atom is -0.345 e. The summed E-state index contributed by atoms with van der Waals surface area (Å²) in [5.74, 6) is -0.591. The van der Waals surface area contributed by atoms with Crippen molar-refractivity contribution in [3.8, 4) is 0 Å². The van der Waals surface area contributed by atoms with Gasteiger partial charge in [0.05, 0.1) is 34.6 Å². The van der Waals surface area contributed by atoms with Crippen LogP contribution in [0.4, 0.5) is 4.39 Å². The zero-order valence-electron chi connectivity index (χ0n) is 17.5. The third kappa shape index (κ3) is 4.83. The number of carbonyl (C=O) groups is 1. The Bertz CT molecular complexity index is 1320. The highest BCUT2D eigenvalue weighted by Gasteiger charge is 2.36. The number of halogens is 2. The second-order valence-corrected chi connectivity index (χ2v) is 10.4. The first kappa shape index (κ1) is 22.4. The van der Waals surface area contributed by atoms with Crippen molar-refractivity contribution in [1.82, 2.24) is 19.9 Å². The number of sulfone groups is 1. The minimum atomic E-state index is -3.28. The molecular weight excluding hydrogens is 455 g/mol. The normalized spacial score (nSPS) is 16.4. The molecule has 0 spiro atoms. The van der Waals surface area contributed by atoms with Gasteiger partial charge in [0.1, 0.15) is 11.5 Å². The molecule has 0 aliphatic heterocycles. The first-order valence-corrected chi connectivity index (χ1v) is 12.4. The number of imidazole rings is 1. The number of carbonyl (C=O) groups excluding carboxylic acids is 1. The van der Waals surface area contributed by atoms with Crippen LogP contribution in [0.1, 0.15) is 41.9 Å². The molecule has 1 fully saturated rings. The molecule has 0 unspecified atom stereocenters. The standard InChI is InChI=1S/C22H22ClFN4O3S/c1-13(8-9-32(2,30)31)27-22(29)18-10-17-19(11-25-18)28(12-26-17)21(14-6-7-14)15-4-3-5-16(24)20(15)23/h3-5,8-14,21H,6-7H2,1-2H3,(H,27,29)/b9-8+/t13-,21-/m1/s1. The second-order valence-electron chi connectivity index (χ2n) is 8.06. The maximum absolute atomic E-state index is 14.1. The predicted octanol–water partition coefficient (Wildman–Crippen LogP) is 3.90. The molecule has 168 valence electrons. The van der Waals surface area contributed by atoms with Gasteiger partial charge in [-0.2, -0.15) is 0 Å². The van der Waals surface area contributed by atoms with Crippen LogP contribution in [0.15, 0.2) is 48.3 Å². The molecule has 0 radical (unpaired) electrons. The van der Waals surface area contributed by atoms with Gasteiger partial charge in [-0.15, -0.1) is 0 Å². The van der Waals surface area contributed by atoms with E-state index in [1.807, 2.05) is 10.6 Å². The van der Waals surface area contributed by atoms with Gasteiger partial charge in [-0.05, 0) is 43.4 Å². The van der Waals surface area contributed by atoms with E-state index in [0.29, 0.717) is 22.5 Å². The first-order valence-electron chi connectivity index (χ1n) is 10.1. The van der Waals surface area contributed by atoms with Crippen molar-refractivity contribution in [2.75, 3.05) is 6.26 Å². The molecule has 2 aromatic heterocycles. The van der Waals surface area contributed by atoms with Crippen molar-refractivity contribution in [2.45, 2.75) is 31.8 Å². The van der Waals surface area contributed by atoms with Crippen LogP contribution < -0.4 is 5.32 Å². The van der Waals surface area contributed by atoms with Crippen LogP contribution in [0.25, 0.3) is 11.0 Å².